The van der Waals surface area contributed by atoms with Crippen LogP contribution in [0.25, 0.3) is 10.9 Å². The van der Waals surface area contributed by atoms with Crippen LogP contribution in [0.1, 0.15) is 48.9 Å². The summed E-state index contributed by atoms with van der Waals surface area (Å²) in [6, 6.07) is 1.83. The Kier molecular flexibility index (Phi) is 3.49. The smallest absolute Gasteiger partial charge is 0.303 e. The molecule has 21 heavy (non-hydrogen) atoms. The number of hydrogen-bond acceptors (Lipinski definition) is 3. The third-order valence-corrected chi connectivity index (χ3v) is 4.51. The molecule has 1 aliphatic carbocycles. The van der Waals surface area contributed by atoms with E-state index in [1.165, 1.54) is 0 Å². The first-order chi connectivity index (χ1) is 10.1. The van der Waals surface area contributed by atoms with Crippen LogP contribution in [0.3, 0.4) is 0 Å². The second-order valence-electron chi connectivity index (χ2n) is 6.00. The van der Waals surface area contributed by atoms with Crippen molar-refractivity contribution < 1.29 is 14.7 Å². The number of fused-ring (bicyclic) bond motifs is 1. The zero-order valence-electron chi connectivity index (χ0n) is 11.8. The second kappa shape index (κ2) is 5.31. The fourth-order valence-electron chi connectivity index (χ4n) is 3.49. The molecule has 2 heterocycles. The molecule has 5 nitrogen and oxygen atoms in total. The summed E-state index contributed by atoms with van der Waals surface area (Å²) in [5.41, 5.74) is 1.14. The lowest BCUT2D eigenvalue weighted by atomic mass is 9.77. The highest BCUT2D eigenvalue weighted by molar-refractivity contribution is 6.07. The number of Topliss-reactive ketones (excluding diaryl/α,β-unsaturated/α-hetero) is 1. The van der Waals surface area contributed by atoms with Crippen LogP contribution < -0.4 is 0 Å². The van der Waals surface area contributed by atoms with Crippen molar-refractivity contribution in [1.29, 1.82) is 0 Å². The minimum Gasteiger partial charge on any atom is -0.481 e. The van der Waals surface area contributed by atoms with Gasteiger partial charge < -0.3 is 10.1 Å². The Morgan fingerprint density at radius 3 is 2.76 bits per heavy atom. The number of aromatic nitrogens is 2. The van der Waals surface area contributed by atoms with Crippen LogP contribution in [-0.2, 0) is 4.79 Å². The van der Waals surface area contributed by atoms with E-state index < -0.39 is 5.97 Å². The summed E-state index contributed by atoms with van der Waals surface area (Å²) in [6.45, 7) is 0. The van der Waals surface area contributed by atoms with E-state index in [1.807, 2.05) is 6.07 Å². The first-order valence-corrected chi connectivity index (χ1v) is 7.26. The number of H-pyrrole nitrogens is 1. The molecule has 0 saturated heterocycles. The van der Waals surface area contributed by atoms with Crippen molar-refractivity contribution in [3.63, 3.8) is 0 Å². The molecule has 0 unspecified atom stereocenters. The highest BCUT2D eigenvalue weighted by Gasteiger charge is 2.38. The number of rotatable bonds is 5. The number of carbonyl (C=O) groups excluding carboxylic acids is 1. The molecule has 0 spiro atoms. The van der Waals surface area contributed by atoms with Gasteiger partial charge in [-0.25, -0.2) is 0 Å². The zero-order valence-corrected chi connectivity index (χ0v) is 11.8. The maximum atomic E-state index is 12.6. The molecular formula is C16H18N2O3. The van der Waals surface area contributed by atoms with Crippen LogP contribution in [0.2, 0.25) is 0 Å². The van der Waals surface area contributed by atoms with Gasteiger partial charge in [-0.15, -0.1) is 0 Å². The number of carboxylic acid groups (broad SMARTS) is 1. The van der Waals surface area contributed by atoms with Crippen LogP contribution in [-0.4, -0.2) is 26.8 Å². The highest BCUT2D eigenvalue weighted by Crippen LogP contribution is 2.45. The van der Waals surface area contributed by atoms with Gasteiger partial charge in [0.2, 0.25) is 0 Å². The lowest BCUT2D eigenvalue weighted by Gasteiger charge is -2.26. The van der Waals surface area contributed by atoms with E-state index >= 15 is 0 Å². The van der Waals surface area contributed by atoms with E-state index in [9.17, 15) is 9.59 Å². The van der Waals surface area contributed by atoms with E-state index in [2.05, 4.69) is 9.97 Å². The largest absolute Gasteiger partial charge is 0.481 e. The number of nitrogens with zero attached hydrogens (tertiary/aromatic N) is 1. The van der Waals surface area contributed by atoms with Crippen LogP contribution in [0.4, 0.5) is 0 Å². The number of ketones is 1. The summed E-state index contributed by atoms with van der Waals surface area (Å²) >= 11 is 0. The molecule has 2 aromatic rings. The Balaban J connectivity index is 1.86. The molecule has 0 atom stereocenters. The predicted octanol–water partition coefficient (Wildman–Crippen LogP) is 3.17. The number of aromatic amines is 1. The van der Waals surface area contributed by atoms with Crippen molar-refractivity contribution in [2.24, 2.45) is 5.41 Å². The van der Waals surface area contributed by atoms with Crippen LogP contribution >= 0.6 is 0 Å². The van der Waals surface area contributed by atoms with E-state index in [4.69, 9.17) is 5.11 Å². The van der Waals surface area contributed by atoms with Crippen molar-refractivity contribution >= 4 is 22.7 Å². The van der Waals surface area contributed by atoms with Gasteiger partial charge in [0.15, 0.2) is 5.78 Å². The number of pyridine rings is 1. The molecule has 0 amide bonds. The molecule has 3 rings (SSSR count). The summed E-state index contributed by atoms with van der Waals surface area (Å²) < 4.78 is 0. The Labute approximate surface area is 122 Å². The molecule has 0 radical (unpaired) electrons. The summed E-state index contributed by atoms with van der Waals surface area (Å²) in [6.07, 6.45) is 9.12. The predicted molar refractivity (Wildman–Crippen MR) is 78.2 cm³/mol. The van der Waals surface area contributed by atoms with Crippen LogP contribution in [0.5, 0.6) is 0 Å². The number of nitrogens with one attached hydrogen (secondary N) is 1. The molecule has 1 fully saturated rings. The van der Waals surface area contributed by atoms with Gasteiger partial charge in [0.1, 0.15) is 0 Å². The van der Waals surface area contributed by atoms with Gasteiger partial charge in [-0.3, -0.25) is 14.6 Å². The van der Waals surface area contributed by atoms with E-state index in [0.29, 0.717) is 12.0 Å². The third kappa shape index (κ3) is 2.68. The Bertz CT molecular complexity index is 684. The maximum absolute atomic E-state index is 12.6. The first-order valence-electron chi connectivity index (χ1n) is 7.26. The minimum absolute atomic E-state index is 0.0115. The third-order valence-electron chi connectivity index (χ3n) is 4.51. The SMILES string of the molecule is O=C(O)CC1(CC(=O)c2c[nH]c3ccncc23)CCCC1. The average molecular weight is 286 g/mol. The normalized spacial score (nSPS) is 17.1. The van der Waals surface area contributed by atoms with Gasteiger partial charge >= 0.3 is 5.97 Å². The van der Waals surface area contributed by atoms with Gasteiger partial charge in [0, 0.05) is 41.5 Å². The second-order valence-corrected chi connectivity index (χ2v) is 6.00. The highest BCUT2D eigenvalue weighted by atomic mass is 16.4. The van der Waals surface area contributed by atoms with E-state index in [-0.39, 0.29) is 17.6 Å². The van der Waals surface area contributed by atoms with Crippen molar-refractivity contribution in [1.82, 2.24) is 9.97 Å². The molecule has 1 aliphatic rings. The number of carboxylic acids is 1. The molecule has 0 aliphatic heterocycles. The maximum Gasteiger partial charge on any atom is 0.303 e. The number of carbonyl (C=O) groups is 2. The van der Waals surface area contributed by atoms with Crippen molar-refractivity contribution in [3.8, 4) is 0 Å². The topological polar surface area (TPSA) is 83.0 Å². The van der Waals surface area contributed by atoms with Crippen molar-refractivity contribution in [2.45, 2.75) is 38.5 Å². The molecule has 1 saturated carbocycles. The molecule has 2 N–H and O–H groups in total. The average Bonchev–Trinajstić information content (AvgIpc) is 3.04. The minimum atomic E-state index is -0.815. The molecule has 2 aromatic heterocycles. The molecule has 110 valence electrons. The molecule has 0 aromatic carbocycles. The Morgan fingerprint density at radius 1 is 1.29 bits per heavy atom. The van der Waals surface area contributed by atoms with Gasteiger partial charge in [0.05, 0.1) is 6.42 Å². The fraction of sp³-hybridized carbons (Fsp3) is 0.438. The summed E-state index contributed by atoms with van der Waals surface area (Å²) in [4.78, 5) is 30.9. The van der Waals surface area contributed by atoms with E-state index in [1.54, 1.807) is 18.6 Å². The van der Waals surface area contributed by atoms with Crippen LogP contribution in [0, 0.1) is 5.41 Å². The quantitative estimate of drug-likeness (QED) is 0.827. The molecule has 0 bridgehead atoms. The zero-order chi connectivity index (χ0) is 14.9. The van der Waals surface area contributed by atoms with Gasteiger partial charge in [0.25, 0.3) is 0 Å². The van der Waals surface area contributed by atoms with Gasteiger partial charge in [-0.2, -0.15) is 0 Å². The monoisotopic (exact) mass is 286 g/mol. The Hall–Kier alpha value is -2.17. The number of aliphatic carboxylic acids is 1. The van der Waals surface area contributed by atoms with Crippen molar-refractivity contribution in [3.05, 3.63) is 30.2 Å². The first kappa shape index (κ1) is 13.8. The standard InChI is InChI=1S/C16H18N2O3/c19-14(7-16(8-15(20)21)4-1-2-5-16)12-10-18-13-3-6-17-9-11(12)13/h3,6,9-10,18H,1-2,4-5,7-8H2,(H,20,21). The molecular weight excluding hydrogens is 268 g/mol. The Morgan fingerprint density at radius 2 is 2.05 bits per heavy atom. The summed E-state index contributed by atoms with van der Waals surface area (Å²) in [5.74, 6) is -0.803. The van der Waals surface area contributed by atoms with Crippen molar-refractivity contribution in [2.75, 3.05) is 0 Å². The lowest BCUT2D eigenvalue weighted by molar-refractivity contribution is -0.139. The fourth-order valence-corrected chi connectivity index (χ4v) is 3.49. The number of hydrogen-bond donors (Lipinski definition) is 2. The summed E-state index contributed by atoms with van der Waals surface area (Å²) in [7, 11) is 0. The van der Waals surface area contributed by atoms with Gasteiger partial charge in [-0.05, 0) is 24.3 Å². The van der Waals surface area contributed by atoms with E-state index in [0.717, 1.165) is 36.6 Å². The molecule has 5 heteroatoms. The lowest BCUT2D eigenvalue weighted by Crippen LogP contribution is -2.24. The van der Waals surface area contributed by atoms with Crippen LogP contribution in [0.15, 0.2) is 24.7 Å². The van der Waals surface area contributed by atoms with Gasteiger partial charge in [-0.1, -0.05) is 12.8 Å². The summed E-state index contributed by atoms with van der Waals surface area (Å²) in [5, 5.41) is 9.94.